The highest BCUT2D eigenvalue weighted by molar-refractivity contribution is 6.06. The van der Waals surface area contributed by atoms with Gasteiger partial charge in [0.15, 0.2) is 0 Å². The van der Waals surface area contributed by atoms with Gasteiger partial charge in [0.1, 0.15) is 11.6 Å². The number of hydrogen-bond donors (Lipinski definition) is 2. The maximum Gasteiger partial charge on any atom is 0.305 e. The van der Waals surface area contributed by atoms with Crippen LogP contribution in [-0.4, -0.2) is 47.5 Å². The molecule has 0 fully saturated rings. The van der Waals surface area contributed by atoms with Crippen LogP contribution in [0.3, 0.4) is 0 Å². The highest BCUT2D eigenvalue weighted by atomic mass is 19.1. The number of rotatable bonds is 13. The second kappa shape index (κ2) is 14.6. The summed E-state index contributed by atoms with van der Waals surface area (Å²) in [6, 6.07) is 27.6. The molecule has 4 rings (SSSR count). The van der Waals surface area contributed by atoms with Gasteiger partial charge in [-0.1, -0.05) is 72.8 Å². The van der Waals surface area contributed by atoms with Crippen LogP contribution in [0, 0.1) is 5.82 Å². The number of halogens is 1. The second-order valence-corrected chi connectivity index (χ2v) is 9.59. The highest BCUT2D eigenvalue weighted by Gasteiger charge is 2.23. The van der Waals surface area contributed by atoms with E-state index in [9.17, 15) is 23.9 Å². The van der Waals surface area contributed by atoms with Crippen molar-refractivity contribution in [3.63, 3.8) is 0 Å². The van der Waals surface area contributed by atoms with E-state index in [1.165, 1.54) is 11.0 Å². The molecule has 0 atom stereocenters. The third-order valence-corrected chi connectivity index (χ3v) is 6.82. The lowest BCUT2D eigenvalue weighted by atomic mass is 9.94. The van der Waals surface area contributed by atoms with Crippen LogP contribution in [0.4, 0.5) is 4.39 Å². The van der Waals surface area contributed by atoms with Crippen LogP contribution in [0.25, 0.3) is 11.1 Å². The summed E-state index contributed by atoms with van der Waals surface area (Å²) < 4.78 is 19.8. The number of carbonyl (C=O) groups excluding carboxylic acids is 2. The lowest BCUT2D eigenvalue weighted by Gasteiger charge is -2.24. The number of amides is 2. The summed E-state index contributed by atoms with van der Waals surface area (Å²) in [6.07, 6.45) is 0.259. The van der Waals surface area contributed by atoms with Crippen molar-refractivity contribution in [2.45, 2.75) is 26.3 Å². The zero-order valence-electron chi connectivity index (χ0n) is 23.4. The Morgan fingerprint density at radius 2 is 1.38 bits per heavy atom. The fraction of sp³-hybridized carbons (Fsp3) is 0.206. The molecule has 42 heavy (non-hydrogen) atoms. The molecule has 0 bridgehead atoms. The van der Waals surface area contributed by atoms with Gasteiger partial charge in [0.05, 0.1) is 13.0 Å². The molecule has 0 aromatic heterocycles. The van der Waals surface area contributed by atoms with Crippen LogP contribution in [0.15, 0.2) is 97.1 Å². The number of para-hydroxylation sites is 1. The summed E-state index contributed by atoms with van der Waals surface area (Å²) in [4.78, 5) is 40.2. The first-order valence-corrected chi connectivity index (χ1v) is 13.8. The molecule has 0 saturated carbocycles. The average Bonchev–Trinajstić information content (AvgIpc) is 3.01. The van der Waals surface area contributed by atoms with Gasteiger partial charge in [-0.15, -0.1) is 0 Å². The number of hydrogen-bond acceptors (Lipinski definition) is 4. The van der Waals surface area contributed by atoms with Gasteiger partial charge in [-0.3, -0.25) is 14.4 Å². The number of carboxylic acid groups (broad SMARTS) is 1. The first kappa shape index (κ1) is 30.0. The highest BCUT2D eigenvalue weighted by Crippen LogP contribution is 2.29. The number of ether oxygens (including phenoxy) is 1. The predicted molar refractivity (Wildman–Crippen MR) is 159 cm³/mol. The molecule has 0 saturated heterocycles. The SMILES string of the molecule is CCOc1ccccc1CCN(CCC(=O)O)C(=O)c1ccccc1-c1ccccc1C(=O)NCc1ccccc1F. The Kier molecular flexibility index (Phi) is 10.4. The normalized spacial score (nSPS) is 10.6. The van der Waals surface area contributed by atoms with Crippen LogP contribution < -0.4 is 10.1 Å². The smallest absolute Gasteiger partial charge is 0.305 e. The maximum absolute atomic E-state index is 14.1. The molecule has 4 aromatic carbocycles. The van der Waals surface area contributed by atoms with E-state index in [0.717, 1.165) is 11.3 Å². The van der Waals surface area contributed by atoms with Crippen LogP contribution in [-0.2, 0) is 17.8 Å². The fourth-order valence-electron chi connectivity index (χ4n) is 4.71. The lowest BCUT2D eigenvalue weighted by Crippen LogP contribution is -2.35. The lowest BCUT2D eigenvalue weighted by molar-refractivity contribution is -0.137. The quantitative estimate of drug-likeness (QED) is 0.207. The minimum atomic E-state index is -1.01. The van der Waals surface area contributed by atoms with Crippen molar-refractivity contribution in [2.75, 3.05) is 19.7 Å². The van der Waals surface area contributed by atoms with Gasteiger partial charge in [-0.2, -0.15) is 0 Å². The van der Waals surface area contributed by atoms with Crippen LogP contribution >= 0.6 is 0 Å². The van der Waals surface area contributed by atoms with E-state index in [4.69, 9.17) is 4.74 Å². The van der Waals surface area contributed by atoms with E-state index in [0.29, 0.717) is 40.8 Å². The molecule has 7 nitrogen and oxygen atoms in total. The third-order valence-electron chi connectivity index (χ3n) is 6.82. The average molecular weight is 569 g/mol. The molecule has 0 aliphatic rings. The van der Waals surface area contributed by atoms with Crippen molar-refractivity contribution in [1.29, 1.82) is 0 Å². The van der Waals surface area contributed by atoms with E-state index in [1.54, 1.807) is 66.7 Å². The molecule has 0 unspecified atom stereocenters. The number of nitrogens with one attached hydrogen (secondary N) is 1. The van der Waals surface area contributed by atoms with Gasteiger partial charge in [0.25, 0.3) is 11.8 Å². The van der Waals surface area contributed by atoms with E-state index in [-0.39, 0.29) is 32.0 Å². The van der Waals surface area contributed by atoms with Crippen molar-refractivity contribution in [1.82, 2.24) is 10.2 Å². The molecule has 2 amide bonds. The zero-order chi connectivity index (χ0) is 29.9. The first-order chi connectivity index (χ1) is 20.4. The molecule has 0 spiro atoms. The largest absolute Gasteiger partial charge is 0.494 e. The Morgan fingerprint density at radius 3 is 2.07 bits per heavy atom. The number of aliphatic carboxylic acids is 1. The number of nitrogens with zero attached hydrogens (tertiary/aromatic N) is 1. The predicted octanol–water partition coefficient (Wildman–Crippen LogP) is 5.98. The van der Waals surface area contributed by atoms with Gasteiger partial charge in [-0.05, 0) is 54.3 Å². The van der Waals surface area contributed by atoms with Gasteiger partial charge in [0.2, 0.25) is 0 Å². The third kappa shape index (κ3) is 7.60. The molecule has 0 radical (unpaired) electrons. The Hall–Kier alpha value is -4.98. The van der Waals surface area contributed by atoms with E-state index >= 15 is 0 Å². The van der Waals surface area contributed by atoms with Crippen molar-refractivity contribution in [3.05, 3.63) is 125 Å². The number of carboxylic acids is 1. The summed E-state index contributed by atoms with van der Waals surface area (Å²) in [5.41, 5.74) is 3.02. The molecule has 8 heteroatoms. The molecule has 0 aliphatic carbocycles. The van der Waals surface area contributed by atoms with Crippen LogP contribution in [0.5, 0.6) is 5.75 Å². The van der Waals surface area contributed by atoms with Gasteiger partial charge >= 0.3 is 5.97 Å². The van der Waals surface area contributed by atoms with E-state index < -0.39 is 17.7 Å². The molecule has 0 heterocycles. The summed E-state index contributed by atoms with van der Waals surface area (Å²) in [6.45, 7) is 2.69. The fourth-order valence-corrected chi connectivity index (χ4v) is 4.71. The molecule has 0 aliphatic heterocycles. The van der Waals surface area contributed by atoms with Crippen LogP contribution in [0.2, 0.25) is 0 Å². The standard InChI is InChI=1S/C34H33FN2O5/c1-2-42-31-18-10-4-11-24(31)19-21-37(22-20-32(38)39)34(41)29-16-8-6-14-27(29)26-13-5-7-15-28(26)33(40)36-23-25-12-3-9-17-30(25)35/h3-18H,2,19-23H2,1H3,(H,36,40)(H,38,39). The molecular weight excluding hydrogens is 535 g/mol. The maximum atomic E-state index is 14.1. The van der Waals surface area contributed by atoms with Gasteiger partial charge in [-0.25, -0.2) is 4.39 Å². The summed E-state index contributed by atoms with van der Waals surface area (Å²) in [5, 5.41) is 12.1. The van der Waals surface area contributed by atoms with E-state index in [1.807, 2.05) is 31.2 Å². The van der Waals surface area contributed by atoms with Crippen molar-refractivity contribution >= 4 is 17.8 Å². The summed E-state index contributed by atoms with van der Waals surface area (Å²) >= 11 is 0. The molecule has 2 N–H and O–H groups in total. The number of carbonyl (C=O) groups is 3. The second-order valence-electron chi connectivity index (χ2n) is 9.59. The monoisotopic (exact) mass is 568 g/mol. The summed E-state index contributed by atoms with van der Waals surface area (Å²) in [7, 11) is 0. The van der Waals surface area contributed by atoms with Crippen molar-refractivity contribution < 1.29 is 28.6 Å². The Labute approximate surface area is 244 Å². The Bertz CT molecular complexity index is 1550. The Balaban J connectivity index is 1.61. The van der Waals surface area contributed by atoms with Crippen molar-refractivity contribution in [2.24, 2.45) is 0 Å². The topological polar surface area (TPSA) is 95.9 Å². The van der Waals surface area contributed by atoms with Crippen LogP contribution in [0.1, 0.15) is 45.2 Å². The first-order valence-electron chi connectivity index (χ1n) is 13.8. The minimum absolute atomic E-state index is 0.00655. The molecular formula is C34H33FN2O5. The molecule has 216 valence electrons. The molecule has 4 aromatic rings. The van der Waals surface area contributed by atoms with Gasteiger partial charge < -0.3 is 20.1 Å². The summed E-state index contributed by atoms with van der Waals surface area (Å²) in [5.74, 6) is -1.45. The van der Waals surface area contributed by atoms with Crippen molar-refractivity contribution in [3.8, 4) is 16.9 Å². The van der Waals surface area contributed by atoms with E-state index in [2.05, 4.69) is 5.32 Å². The minimum Gasteiger partial charge on any atom is -0.494 e. The number of benzene rings is 4. The van der Waals surface area contributed by atoms with Gasteiger partial charge in [0, 0.05) is 36.3 Å². The zero-order valence-corrected chi connectivity index (χ0v) is 23.4. The Morgan fingerprint density at radius 1 is 0.786 bits per heavy atom.